The third kappa shape index (κ3) is 2.39. The van der Waals surface area contributed by atoms with Crippen LogP contribution in [0.4, 0.5) is 0 Å². The van der Waals surface area contributed by atoms with E-state index in [1.807, 2.05) is 17.8 Å². The second-order valence-corrected chi connectivity index (χ2v) is 4.79. The Balaban J connectivity index is 2.60. The van der Waals surface area contributed by atoms with Crippen LogP contribution in [0.25, 0.3) is 10.9 Å². The number of nitrogens with two attached hydrogens (primary N) is 1. The molecule has 1 aromatic carbocycles. The Morgan fingerprint density at radius 1 is 1.58 bits per heavy atom. The van der Waals surface area contributed by atoms with E-state index >= 15 is 0 Å². The molecule has 19 heavy (non-hydrogen) atoms. The number of hydrogen-bond donors (Lipinski definition) is 2. The third-order valence-electron chi connectivity index (χ3n) is 3.09. The van der Waals surface area contributed by atoms with Crippen LogP contribution >= 0.6 is 11.6 Å². The smallest absolute Gasteiger partial charge is 0.320 e. The highest BCUT2D eigenvalue weighted by Gasteiger charge is 2.19. The maximum atomic E-state index is 10.9. The molecule has 0 amide bonds. The van der Waals surface area contributed by atoms with E-state index in [0.717, 1.165) is 16.5 Å². The zero-order chi connectivity index (χ0) is 14.2. The molecule has 0 aliphatic carbocycles. The summed E-state index contributed by atoms with van der Waals surface area (Å²) >= 11 is 6.21. The molecule has 0 aliphatic rings. The van der Waals surface area contributed by atoms with Crippen molar-refractivity contribution in [3.8, 4) is 5.75 Å². The monoisotopic (exact) mass is 282 g/mol. The molecule has 1 atom stereocenters. The quantitative estimate of drug-likeness (QED) is 0.896. The van der Waals surface area contributed by atoms with Crippen molar-refractivity contribution in [1.29, 1.82) is 0 Å². The van der Waals surface area contributed by atoms with Gasteiger partial charge >= 0.3 is 5.97 Å². The average Bonchev–Trinajstić information content (AvgIpc) is 2.68. The van der Waals surface area contributed by atoms with Gasteiger partial charge in [0.15, 0.2) is 0 Å². The van der Waals surface area contributed by atoms with Crippen molar-refractivity contribution in [2.75, 3.05) is 7.11 Å². The molecule has 1 unspecified atom stereocenters. The van der Waals surface area contributed by atoms with Crippen molar-refractivity contribution in [3.05, 3.63) is 28.9 Å². The largest absolute Gasteiger partial charge is 0.495 e. The van der Waals surface area contributed by atoms with E-state index in [2.05, 4.69) is 0 Å². The lowest BCUT2D eigenvalue weighted by Crippen LogP contribution is -2.32. The zero-order valence-corrected chi connectivity index (χ0v) is 11.4. The molecule has 0 saturated heterocycles. The van der Waals surface area contributed by atoms with E-state index in [4.69, 9.17) is 27.2 Å². The van der Waals surface area contributed by atoms with Crippen LogP contribution in [0.2, 0.25) is 5.02 Å². The SMILES string of the molecule is COc1ccc(Cl)c2c(CC(N)C(=O)O)cn(C)c12. The van der Waals surface area contributed by atoms with E-state index in [0.29, 0.717) is 10.8 Å². The fourth-order valence-corrected chi connectivity index (χ4v) is 2.48. The van der Waals surface area contributed by atoms with E-state index < -0.39 is 12.0 Å². The predicted molar refractivity (Wildman–Crippen MR) is 73.8 cm³/mol. The molecule has 2 aromatic rings. The first-order chi connectivity index (χ1) is 8.95. The van der Waals surface area contributed by atoms with E-state index in [9.17, 15) is 4.79 Å². The molecule has 102 valence electrons. The van der Waals surface area contributed by atoms with Crippen molar-refractivity contribution < 1.29 is 14.6 Å². The molecule has 0 radical (unpaired) electrons. The van der Waals surface area contributed by atoms with Gasteiger partial charge in [-0.2, -0.15) is 0 Å². The van der Waals surface area contributed by atoms with Crippen LogP contribution in [0.15, 0.2) is 18.3 Å². The van der Waals surface area contributed by atoms with Crippen LogP contribution in [0.5, 0.6) is 5.75 Å². The number of carboxylic acids is 1. The lowest BCUT2D eigenvalue weighted by Gasteiger charge is -2.07. The molecular formula is C13H15ClN2O3. The highest BCUT2D eigenvalue weighted by atomic mass is 35.5. The fraction of sp³-hybridized carbons (Fsp3) is 0.308. The first-order valence-electron chi connectivity index (χ1n) is 5.74. The summed E-state index contributed by atoms with van der Waals surface area (Å²) in [6.45, 7) is 0. The molecule has 0 saturated carbocycles. The molecule has 0 fully saturated rings. The first kappa shape index (κ1) is 13.7. The van der Waals surface area contributed by atoms with Crippen LogP contribution in [0.3, 0.4) is 0 Å². The Morgan fingerprint density at radius 3 is 2.84 bits per heavy atom. The second-order valence-electron chi connectivity index (χ2n) is 4.39. The third-order valence-corrected chi connectivity index (χ3v) is 3.41. The standard InChI is InChI=1S/C13H15ClN2O3/c1-16-6-7(5-9(15)13(17)18)11-8(14)3-4-10(19-2)12(11)16/h3-4,6,9H,5,15H2,1-2H3,(H,17,18). The summed E-state index contributed by atoms with van der Waals surface area (Å²) in [5.74, 6) is -0.340. The topological polar surface area (TPSA) is 77.5 Å². The summed E-state index contributed by atoms with van der Waals surface area (Å²) in [5, 5.41) is 10.3. The van der Waals surface area contributed by atoms with Crippen molar-refractivity contribution in [2.45, 2.75) is 12.5 Å². The number of methoxy groups -OCH3 is 1. The van der Waals surface area contributed by atoms with Gasteiger partial charge in [-0.3, -0.25) is 4.79 Å². The number of aromatic nitrogens is 1. The summed E-state index contributed by atoms with van der Waals surface area (Å²) in [5.41, 5.74) is 7.22. The van der Waals surface area contributed by atoms with Gasteiger partial charge in [-0.15, -0.1) is 0 Å². The lowest BCUT2D eigenvalue weighted by molar-refractivity contribution is -0.138. The molecule has 1 heterocycles. The zero-order valence-electron chi connectivity index (χ0n) is 10.7. The summed E-state index contributed by atoms with van der Waals surface area (Å²) in [7, 11) is 3.44. The number of carboxylic acid groups (broad SMARTS) is 1. The number of hydrogen-bond acceptors (Lipinski definition) is 3. The molecule has 1 aromatic heterocycles. The molecular weight excluding hydrogens is 268 g/mol. The van der Waals surface area contributed by atoms with E-state index in [1.54, 1.807) is 19.2 Å². The van der Waals surface area contributed by atoms with Crippen molar-refractivity contribution in [1.82, 2.24) is 4.57 Å². The number of benzene rings is 1. The minimum absolute atomic E-state index is 0.222. The number of carbonyl (C=O) groups is 1. The molecule has 6 heteroatoms. The van der Waals surface area contributed by atoms with Gasteiger partial charge in [0.2, 0.25) is 0 Å². The number of halogens is 1. The van der Waals surface area contributed by atoms with Crippen LogP contribution in [0, 0.1) is 0 Å². The maximum Gasteiger partial charge on any atom is 0.320 e. The van der Waals surface area contributed by atoms with Gasteiger partial charge in [0.1, 0.15) is 11.8 Å². The van der Waals surface area contributed by atoms with Crippen LogP contribution < -0.4 is 10.5 Å². The van der Waals surface area contributed by atoms with Crippen molar-refractivity contribution in [2.24, 2.45) is 12.8 Å². The Labute approximate surface area is 115 Å². The highest BCUT2D eigenvalue weighted by molar-refractivity contribution is 6.36. The Hall–Kier alpha value is -1.72. The summed E-state index contributed by atoms with van der Waals surface area (Å²) in [6.07, 6.45) is 2.06. The second kappa shape index (κ2) is 5.11. The number of ether oxygens (including phenoxy) is 1. The molecule has 0 aliphatic heterocycles. The lowest BCUT2D eigenvalue weighted by atomic mass is 10.1. The van der Waals surface area contributed by atoms with E-state index in [1.165, 1.54) is 0 Å². The molecule has 2 rings (SSSR count). The highest BCUT2D eigenvalue weighted by Crippen LogP contribution is 2.35. The fourth-order valence-electron chi connectivity index (χ4n) is 2.21. The summed E-state index contributed by atoms with van der Waals surface area (Å²) in [4.78, 5) is 10.9. The number of rotatable bonds is 4. The first-order valence-corrected chi connectivity index (χ1v) is 6.12. The minimum Gasteiger partial charge on any atom is -0.495 e. The molecule has 0 bridgehead atoms. The number of aliphatic carboxylic acids is 1. The normalized spacial score (nSPS) is 12.6. The maximum absolute atomic E-state index is 10.9. The predicted octanol–water partition coefficient (Wildman–Crippen LogP) is 1.79. The number of aryl methyl sites for hydroxylation is 1. The average molecular weight is 283 g/mol. The van der Waals surface area contributed by atoms with Crippen LogP contribution in [-0.2, 0) is 18.3 Å². The van der Waals surface area contributed by atoms with Gasteiger partial charge in [0, 0.05) is 25.1 Å². The summed E-state index contributed by atoms with van der Waals surface area (Å²) < 4.78 is 7.17. The van der Waals surface area contributed by atoms with Gasteiger partial charge in [0.25, 0.3) is 0 Å². The number of fused-ring (bicyclic) bond motifs is 1. The van der Waals surface area contributed by atoms with Crippen molar-refractivity contribution >= 4 is 28.5 Å². The number of nitrogens with zero attached hydrogens (tertiary/aromatic N) is 1. The van der Waals surface area contributed by atoms with Gasteiger partial charge in [-0.05, 0) is 17.7 Å². The van der Waals surface area contributed by atoms with Gasteiger partial charge < -0.3 is 20.1 Å². The van der Waals surface area contributed by atoms with Crippen LogP contribution in [-0.4, -0.2) is 28.8 Å². The Kier molecular flexibility index (Phi) is 3.68. The minimum atomic E-state index is -1.03. The van der Waals surface area contributed by atoms with E-state index in [-0.39, 0.29) is 6.42 Å². The molecule has 3 N–H and O–H groups in total. The van der Waals surface area contributed by atoms with Gasteiger partial charge in [0.05, 0.1) is 17.6 Å². The summed E-state index contributed by atoms with van der Waals surface area (Å²) in [6, 6.07) is 2.57. The molecule has 0 spiro atoms. The van der Waals surface area contributed by atoms with Gasteiger partial charge in [-0.25, -0.2) is 0 Å². The molecule has 5 nitrogen and oxygen atoms in total. The van der Waals surface area contributed by atoms with Gasteiger partial charge in [-0.1, -0.05) is 11.6 Å². The van der Waals surface area contributed by atoms with Crippen LogP contribution in [0.1, 0.15) is 5.56 Å². The Morgan fingerprint density at radius 2 is 2.26 bits per heavy atom. The van der Waals surface area contributed by atoms with Crippen molar-refractivity contribution in [3.63, 3.8) is 0 Å². The Bertz CT molecular complexity index is 636.